The molecular weight excluding hydrogens is 238 g/mol. The van der Waals surface area contributed by atoms with Crippen LogP contribution >= 0.6 is 0 Å². The van der Waals surface area contributed by atoms with Gasteiger partial charge in [-0.25, -0.2) is 0 Å². The Balaban J connectivity index is 1.51. The zero-order valence-electron chi connectivity index (χ0n) is 11.9. The fourth-order valence-corrected chi connectivity index (χ4v) is 4.76. The van der Waals surface area contributed by atoms with Crippen molar-refractivity contribution in [2.75, 3.05) is 13.2 Å². The minimum absolute atomic E-state index is 0.255. The number of rotatable bonds is 5. The van der Waals surface area contributed by atoms with Gasteiger partial charge in [-0.1, -0.05) is 6.42 Å². The van der Waals surface area contributed by atoms with Gasteiger partial charge in [-0.2, -0.15) is 0 Å². The molecule has 0 aromatic carbocycles. The molecule has 1 amide bonds. The monoisotopic (exact) mass is 265 g/mol. The average Bonchev–Trinajstić information content (AvgIpc) is 3.11. The summed E-state index contributed by atoms with van der Waals surface area (Å²) >= 11 is 0. The minimum atomic E-state index is 0.255. The molecule has 108 valence electrons. The van der Waals surface area contributed by atoms with E-state index in [1.165, 1.54) is 25.7 Å². The molecule has 0 aromatic rings. The van der Waals surface area contributed by atoms with Crippen LogP contribution in [-0.2, 0) is 4.79 Å². The van der Waals surface area contributed by atoms with E-state index in [1.807, 2.05) is 0 Å². The minimum Gasteiger partial charge on any atom is -0.396 e. The molecular formula is C16H27NO2. The molecule has 0 aromatic heterocycles. The van der Waals surface area contributed by atoms with Gasteiger partial charge in [0.2, 0.25) is 5.91 Å². The molecule has 3 rings (SSSR count). The predicted molar refractivity (Wildman–Crippen MR) is 74.6 cm³/mol. The predicted octanol–water partition coefficient (Wildman–Crippen LogP) is 2.58. The number of nitrogens with zero attached hydrogens (tertiary/aromatic N) is 1. The number of fused-ring (bicyclic) bond motifs is 2. The Morgan fingerprint density at radius 2 is 2.11 bits per heavy atom. The summed E-state index contributed by atoms with van der Waals surface area (Å²) < 4.78 is 0. The number of aliphatic hydroxyl groups excluding tert-OH is 1. The summed E-state index contributed by atoms with van der Waals surface area (Å²) in [6.45, 7) is 1.21. The second-order valence-electron chi connectivity index (χ2n) is 6.89. The molecule has 0 spiro atoms. The van der Waals surface area contributed by atoms with E-state index in [4.69, 9.17) is 5.11 Å². The van der Waals surface area contributed by atoms with Gasteiger partial charge in [0.05, 0.1) is 0 Å². The van der Waals surface area contributed by atoms with Gasteiger partial charge >= 0.3 is 0 Å². The number of aliphatic hydroxyl groups is 1. The van der Waals surface area contributed by atoms with Crippen molar-refractivity contribution < 1.29 is 9.90 Å². The molecule has 1 saturated heterocycles. The lowest BCUT2D eigenvalue weighted by Crippen LogP contribution is -2.37. The summed E-state index contributed by atoms with van der Waals surface area (Å²) in [5, 5.41) is 8.95. The average molecular weight is 265 g/mol. The first kappa shape index (κ1) is 13.4. The molecule has 1 heterocycles. The molecule has 3 fully saturated rings. The van der Waals surface area contributed by atoms with Gasteiger partial charge in [-0.15, -0.1) is 0 Å². The molecule has 4 unspecified atom stereocenters. The van der Waals surface area contributed by atoms with Crippen molar-refractivity contribution in [3.8, 4) is 0 Å². The standard InChI is InChI=1S/C16H27NO2/c18-8-2-4-15-3-1-7-17(15)16(19)11-14-10-12-5-6-13(14)9-12/h12-15,18H,1-11H2. The van der Waals surface area contributed by atoms with E-state index in [0.29, 0.717) is 17.9 Å². The third-order valence-electron chi connectivity index (χ3n) is 5.71. The van der Waals surface area contributed by atoms with Crippen molar-refractivity contribution in [1.29, 1.82) is 0 Å². The number of hydrogen-bond acceptors (Lipinski definition) is 2. The maximum absolute atomic E-state index is 12.5. The lowest BCUT2D eigenvalue weighted by Gasteiger charge is -2.28. The van der Waals surface area contributed by atoms with Crippen LogP contribution in [0.1, 0.15) is 57.8 Å². The van der Waals surface area contributed by atoms with Crippen molar-refractivity contribution >= 4 is 5.91 Å². The summed E-state index contributed by atoms with van der Waals surface area (Å²) in [6, 6.07) is 0.415. The third kappa shape index (κ3) is 2.81. The highest BCUT2D eigenvalue weighted by Gasteiger charge is 2.41. The maximum Gasteiger partial charge on any atom is 0.223 e. The number of likely N-dealkylation sites (tertiary alicyclic amines) is 1. The van der Waals surface area contributed by atoms with Crippen LogP contribution < -0.4 is 0 Å². The first-order valence-electron chi connectivity index (χ1n) is 8.18. The van der Waals surface area contributed by atoms with Crippen LogP contribution in [0.3, 0.4) is 0 Å². The van der Waals surface area contributed by atoms with Gasteiger partial charge < -0.3 is 10.0 Å². The number of carbonyl (C=O) groups excluding carboxylic acids is 1. The molecule has 2 saturated carbocycles. The van der Waals surface area contributed by atoms with E-state index in [1.54, 1.807) is 0 Å². The molecule has 4 atom stereocenters. The van der Waals surface area contributed by atoms with E-state index in [0.717, 1.165) is 50.5 Å². The molecule has 2 bridgehead atoms. The van der Waals surface area contributed by atoms with Crippen molar-refractivity contribution in [3.63, 3.8) is 0 Å². The Morgan fingerprint density at radius 3 is 2.79 bits per heavy atom. The fraction of sp³-hybridized carbons (Fsp3) is 0.938. The van der Waals surface area contributed by atoms with Crippen molar-refractivity contribution in [2.24, 2.45) is 17.8 Å². The van der Waals surface area contributed by atoms with Crippen LogP contribution in [0.15, 0.2) is 0 Å². The van der Waals surface area contributed by atoms with Gasteiger partial charge in [0, 0.05) is 25.6 Å². The van der Waals surface area contributed by atoms with Crippen LogP contribution in [0.2, 0.25) is 0 Å². The number of hydrogen-bond donors (Lipinski definition) is 1. The molecule has 3 nitrogen and oxygen atoms in total. The lowest BCUT2D eigenvalue weighted by molar-refractivity contribution is -0.133. The topological polar surface area (TPSA) is 40.5 Å². The zero-order valence-corrected chi connectivity index (χ0v) is 11.9. The van der Waals surface area contributed by atoms with E-state index < -0.39 is 0 Å². The van der Waals surface area contributed by atoms with Crippen molar-refractivity contribution in [2.45, 2.75) is 63.8 Å². The Kier molecular flexibility index (Phi) is 4.11. The second kappa shape index (κ2) is 5.82. The molecule has 0 radical (unpaired) electrons. The van der Waals surface area contributed by atoms with E-state index >= 15 is 0 Å². The van der Waals surface area contributed by atoms with Crippen molar-refractivity contribution in [3.05, 3.63) is 0 Å². The SMILES string of the molecule is O=C(CC1CC2CCC1C2)N1CCCC1CCCO. The zero-order chi connectivity index (χ0) is 13.2. The third-order valence-corrected chi connectivity index (χ3v) is 5.71. The summed E-state index contributed by atoms with van der Waals surface area (Å²) in [4.78, 5) is 14.6. The quantitative estimate of drug-likeness (QED) is 0.830. The van der Waals surface area contributed by atoms with Crippen LogP contribution in [0.4, 0.5) is 0 Å². The van der Waals surface area contributed by atoms with Gasteiger partial charge in [0.25, 0.3) is 0 Å². The molecule has 3 aliphatic rings. The summed E-state index contributed by atoms with van der Waals surface area (Å²) in [5.41, 5.74) is 0. The Hall–Kier alpha value is -0.570. The van der Waals surface area contributed by atoms with Crippen LogP contribution in [-0.4, -0.2) is 35.1 Å². The Morgan fingerprint density at radius 1 is 1.21 bits per heavy atom. The smallest absolute Gasteiger partial charge is 0.223 e. The molecule has 1 aliphatic heterocycles. The molecule has 1 N–H and O–H groups in total. The number of amides is 1. The summed E-state index contributed by atoms with van der Waals surface area (Å²) in [7, 11) is 0. The highest BCUT2D eigenvalue weighted by molar-refractivity contribution is 5.77. The number of carbonyl (C=O) groups is 1. The summed E-state index contributed by atoms with van der Waals surface area (Å²) in [6.07, 6.45) is 10.4. The fourth-order valence-electron chi connectivity index (χ4n) is 4.76. The summed E-state index contributed by atoms with van der Waals surface area (Å²) in [5.74, 6) is 2.88. The van der Waals surface area contributed by atoms with Crippen LogP contribution in [0.25, 0.3) is 0 Å². The van der Waals surface area contributed by atoms with Crippen LogP contribution in [0, 0.1) is 17.8 Å². The highest BCUT2D eigenvalue weighted by Crippen LogP contribution is 2.49. The van der Waals surface area contributed by atoms with Gasteiger partial charge in [-0.3, -0.25) is 4.79 Å². The first-order valence-corrected chi connectivity index (χ1v) is 8.18. The van der Waals surface area contributed by atoms with E-state index in [-0.39, 0.29) is 6.61 Å². The van der Waals surface area contributed by atoms with E-state index in [9.17, 15) is 4.79 Å². The normalized spacial score (nSPS) is 37.2. The Labute approximate surface area is 116 Å². The first-order chi connectivity index (χ1) is 9.28. The van der Waals surface area contributed by atoms with Gasteiger partial charge in [0.15, 0.2) is 0 Å². The molecule has 2 aliphatic carbocycles. The largest absolute Gasteiger partial charge is 0.396 e. The maximum atomic E-state index is 12.5. The Bertz CT molecular complexity index is 331. The lowest BCUT2D eigenvalue weighted by atomic mass is 9.86. The molecule has 3 heteroatoms. The van der Waals surface area contributed by atoms with Gasteiger partial charge in [-0.05, 0) is 62.7 Å². The van der Waals surface area contributed by atoms with E-state index in [2.05, 4.69) is 4.90 Å². The second-order valence-corrected chi connectivity index (χ2v) is 6.89. The highest BCUT2D eigenvalue weighted by atomic mass is 16.3. The van der Waals surface area contributed by atoms with Crippen molar-refractivity contribution in [1.82, 2.24) is 4.90 Å². The van der Waals surface area contributed by atoms with Crippen LogP contribution in [0.5, 0.6) is 0 Å². The molecule has 19 heavy (non-hydrogen) atoms. The van der Waals surface area contributed by atoms with Gasteiger partial charge in [0.1, 0.15) is 0 Å².